The van der Waals surface area contributed by atoms with Gasteiger partial charge < -0.3 is 14.8 Å². The first-order valence-corrected chi connectivity index (χ1v) is 8.55. The summed E-state index contributed by atoms with van der Waals surface area (Å²) in [5, 5.41) is 12.0. The Bertz CT molecular complexity index is 981. The first-order valence-electron chi connectivity index (χ1n) is 8.55. The molecule has 27 heavy (non-hydrogen) atoms. The Morgan fingerprint density at radius 1 is 1.15 bits per heavy atom. The van der Waals surface area contributed by atoms with Gasteiger partial charge in [-0.2, -0.15) is 5.26 Å². The second-order valence-corrected chi connectivity index (χ2v) is 6.57. The summed E-state index contributed by atoms with van der Waals surface area (Å²) in [6, 6.07) is 13.7. The largest absolute Gasteiger partial charge is 0.486 e. The number of ether oxygens (including phenoxy) is 2. The number of hydrogen-bond donors (Lipinski definition) is 1. The summed E-state index contributed by atoms with van der Waals surface area (Å²) in [4.78, 5) is 26.8. The quantitative estimate of drug-likeness (QED) is 0.845. The number of fused-ring (bicyclic) bond motifs is 1. The van der Waals surface area contributed by atoms with Crippen molar-refractivity contribution in [1.29, 1.82) is 5.26 Å². The maximum absolute atomic E-state index is 13.1. The number of nitrogens with zero attached hydrogens (tertiary/aromatic N) is 2. The van der Waals surface area contributed by atoms with E-state index in [1.54, 1.807) is 49.4 Å². The highest BCUT2D eigenvalue weighted by Crippen LogP contribution is 2.37. The molecule has 136 valence electrons. The fourth-order valence-corrected chi connectivity index (χ4v) is 3.33. The van der Waals surface area contributed by atoms with Crippen LogP contribution in [0.4, 0.5) is 4.79 Å². The van der Waals surface area contributed by atoms with Gasteiger partial charge in [-0.05, 0) is 36.2 Å². The molecule has 0 radical (unpaired) electrons. The zero-order valence-electron chi connectivity index (χ0n) is 14.7. The van der Waals surface area contributed by atoms with Gasteiger partial charge in [-0.3, -0.25) is 9.69 Å². The van der Waals surface area contributed by atoms with E-state index in [-0.39, 0.29) is 12.5 Å². The maximum atomic E-state index is 13.1. The first kappa shape index (κ1) is 16.9. The van der Waals surface area contributed by atoms with Gasteiger partial charge in [-0.1, -0.05) is 24.3 Å². The third kappa shape index (κ3) is 2.75. The summed E-state index contributed by atoms with van der Waals surface area (Å²) in [5.74, 6) is 0.789. The summed E-state index contributed by atoms with van der Waals surface area (Å²) in [6.45, 7) is 2.61. The van der Waals surface area contributed by atoms with E-state index in [0.717, 1.165) is 4.90 Å². The summed E-state index contributed by atoms with van der Waals surface area (Å²) < 4.78 is 11.1. The van der Waals surface area contributed by atoms with Crippen LogP contribution >= 0.6 is 0 Å². The third-order valence-electron chi connectivity index (χ3n) is 4.86. The van der Waals surface area contributed by atoms with E-state index in [2.05, 4.69) is 11.4 Å². The Morgan fingerprint density at radius 2 is 1.89 bits per heavy atom. The van der Waals surface area contributed by atoms with Gasteiger partial charge in [0.1, 0.15) is 18.8 Å². The van der Waals surface area contributed by atoms with Gasteiger partial charge in [-0.25, -0.2) is 4.79 Å². The molecule has 2 heterocycles. The Morgan fingerprint density at radius 3 is 2.67 bits per heavy atom. The van der Waals surface area contributed by atoms with Gasteiger partial charge in [0, 0.05) is 0 Å². The zero-order chi connectivity index (χ0) is 19.0. The number of carbonyl (C=O) groups excluding carboxylic acids is 2. The van der Waals surface area contributed by atoms with Crippen LogP contribution in [0.2, 0.25) is 0 Å². The van der Waals surface area contributed by atoms with Crippen molar-refractivity contribution in [1.82, 2.24) is 10.2 Å². The Balaban J connectivity index is 1.65. The van der Waals surface area contributed by atoms with Crippen LogP contribution in [0.5, 0.6) is 11.5 Å². The monoisotopic (exact) mass is 363 g/mol. The minimum Gasteiger partial charge on any atom is -0.486 e. The lowest BCUT2D eigenvalue weighted by molar-refractivity contribution is -0.131. The smallest absolute Gasteiger partial charge is 0.325 e. The van der Waals surface area contributed by atoms with Crippen molar-refractivity contribution in [2.75, 3.05) is 13.2 Å². The lowest BCUT2D eigenvalue weighted by atomic mass is 9.91. The molecule has 0 saturated carbocycles. The molecule has 1 fully saturated rings. The molecule has 0 aromatic heterocycles. The van der Waals surface area contributed by atoms with Crippen LogP contribution in [-0.2, 0) is 16.9 Å². The van der Waals surface area contributed by atoms with Gasteiger partial charge in [0.15, 0.2) is 11.5 Å². The predicted molar refractivity (Wildman–Crippen MR) is 95.0 cm³/mol. The summed E-state index contributed by atoms with van der Waals surface area (Å²) in [7, 11) is 0. The first-order chi connectivity index (χ1) is 13.0. The number of imide groups is 1. The molecule has 2 aliphatic rings. The molecule has 0 bridgehead atoms. The molecular formula is C20H17N3O4. The zero-order valence-corrected chi connectivity index (χ0v) is 14.7. The van der Waals surface area contributed by atoms with Crippen LogP contribution in [0.1, 0.15) is 23.6 Å². The molecule has 4 rings (SSSR count). The van der Waals surface area contributed by atoms with Crippen molar-refractivity contribution < 1.29 is 19.1 Å². The average Bonchev–Trinajstić information content (AvgIpc) is 2.92. The van der Waals surface area contributed by atoms with Crippen LogP contribution in [-0.4, -0.2) is 30.1 Å². The number of hydrogen-bond acceptors (Lipinski definition) is 5. The molecule has 7 nitrogen and oxygen atoms in total. The van der Waals surface area contributed by atoms with Crippen molar-refractivity contribution in [3.8, 4) is 17.6 Å². The van der Waals surface area contributed by atoms with Gasteiger partial charge in [-0.15, -0.1) is 0 Å². The second kappa shape index (κ2) is 6.32. The van der Waals surface area contributed by atoms with E-state index in [9.17, 15) is 14.9 Å². The summed E-state index contributed by atoms with van der Waals surface area (Å²) >= 11 is 0. The second-order valence-electron chi connectivity index (χ2n) is 6.57. The van der Waals surface area contributed by atoms with Crippen molar-refractivity contribution in [2.45, 2.75) is 19.0 Å². The highest BCUT2D eigenvalue weighted by Gasteiger charge is 2.49. The highest BCUT2D eigenvalue weighted by molar-refractivity contribution is 6.07. The minimum absolute atomic E-state index is 0.0363. The van der Waals surface area contributed by atoms with Crippen LogP contribution in [0.25, 0.3) is 0 Å². The van der Waals surface area contributed by atoms with Crippen molar-refractivity contribution >= 4 is 11.9 Å². The topological polar surface area (TPSA) is 91.7 Å². The molecule has 3 amide bonds. The van der Waals surface area contributed by atoms with E-state index in [0.29, 0.717) is 41.4 Å². The van der Waals surface area contributed by atoms with E-state index in [4.69, 9.17) is 9.47 Å². The number of carbonyl (C=O) groups is 2. The van der Waals surface area contributed by atoms with Crippen molar-refractivity contribution in [2.24, 2.45) is 0 Å². The van der Waals surface area contributed by atoms with E-state index >= 15 is 0 Å². The van der Waals surface area contributed by atoms with Crippen molar-refractivity contribution in [3.05, 3.63) is 59.2 Å². The summed E-state index contributed by atoms with van der Waals surface area (Å²) in [6.07, 6.45) is 0. The Labute approximate surface area is 156 Å². The summed E-state index contributed by atoms with van der Waals surface area (Å²) in [5.41, 5.74) is 0.455. The fraction of sp³-hybridized carbons (Fsp3) is 0.250. The molecule has 1 unspecified atom stereocenters. The molecule has 2 aromatic rings. The lowest BCUT2D eigenvalue weighted by Crippen LogP contribution is -2.41. The predicted octanol–water partition coefficient (Wildman–Crippen LogP) is 2.30. The molecule has 2 aromatic carbocycles. The minimum atomic E-state index is -1.21. The van der Waals surface area contributed by atoms with E-state index < -0.39 is 11.6 Å². The number of benzene rings is 2. The molecular weight excluding hydrogens is 346 g/mol. The van der Waals surface area contributed by atoms with Gasteiger partial charge >= 0.3 is 6.03 Å². The maximum Gasteiger partial charge on any atom is 0.325 e. The Kier molecular flexibility index (Phi) is 3.96. The van der Waals surface area contributed by atoms with Crippen LogP contribution in [0, 0.1) is 11.3 Å². The number of nitrogens with one attached hydrogen (secondary N) is 1. The third-order valence-corrected chi connectivity index (χ3v) is 4.86. The molecule has 1 atom stereocenters. The van der Waals surface area contributed by atoms with Crippen molar-refractivity contribution in [3.63, 3.8) is 0 Å². The Hall–Kier alpha value is -3.53. The molecule has 0 aliphatic carbocycles. The molecule has 2 aliphatic heterocycles. The molecule has 1 saturated heterocycles. The standard InChI is InChI=1S/C20H17N3O4/c1-20(15-6-7-16-17(10-15)27-9-8-26-16)18(24)23(19(25)22-20)12-14-5-3-2-4-13(14)11-21/h2-7,10H,8-9,12H2,1H3,(H,22,25). The normalized spacial score (nSPS) is 21.0. The number of rotatable bonds is 3. The van der Waals surface area contributed by atoms with Crippen LogP contribution in [0.3, 0.4) is 0 Å². The van der Waals surface area contributed by atoms with Gasteiger partial charge in [0.25, 0.3) is 5.91 Å². The van der Waals surface area contributed by atoms with Gasteiger partial charge in [0.05, 0.1) is 18.2 Å². The average molecular weight is 363 g/mol. The molecule has 0 spiro atoms. The number of nitriles is 1. The number of amides is 3. The van der Waals surface area contributed by atoms with Crippen LogP contribution < -0.4 is 14.8 Å². The fourth-order valence-electron chi connectivity index (χ4n) is 3.33. The van der Waals surface area contributed by atoms with E-state index in [1.165, 1.54) is 0 Å². The lowest BCUT2D eigenvalue weighted by Gasteiger charge is -2.25. The number of urea groups is 1. The molecule has 7 heteroatoms. The van der Waals surface area contributed by atoms with E-state index in [1.807, 2.05) is 0 Å². The highest BCUT2D eigenvalue weighted by atomic mass is 16.6. The SMILES string of the molecule is CC1(c2ccc3c(c2)OCCO3)NC(=O)N(Cc2ccccc2C#N)C1=O. The van der Waals surface area contributed by atoms with Crippen LogP contribution in [0.15, 0.2) is 42.5 Å². The molecule has 1 N–H and O–H groups in total. The van der Waals surface area contributed by atoms with Gasteiger partial charge in [0.2, 0.25) is 0 Å².